The maximum Gasteiger partial charge on any atom is 0.139 e. The first-order valence-electron chi connectivity index (χ1n) is 6.69. The van der Waals surface area contributed by atoms with E-state index in [1.165, 1.54) is 25.7 Å². The minimum absolute atomic E-state index is 0. The van der Waals surface area contributed by atoms with Crippen LogP contribution in [0, 0.1) is 11.8 Å². The number of aromatic nitrogens is 2. The number of hydrogen-bond donors (Lipinski definition) is 2. The van der Waals surface area contributed by atoms with Crippen molar-refractivity contribution in [2.24, 2.45) is 11.8 Å². The van der Waals surface area contributed by atoms with Crippen molar-refractivity contribution < 1.29 is 2.85 Å². The SMILES string of the molecule is Clc1cnc2[nH]ccc2c1N[C@@H]1C[C@H]2CC[C@@H]1C2.[HH].[HH]. The zero-order valence-corrected chi connectivity index (χ0v) is 10.9. The van der Waals surface area contributed by atoms with Crippen LogP contribution in [0.25, 0.3) is 11.0 Å². The van der Waals surface area contributed by atoms with Crippen molar-refractivity contribution in [3.63, 3.8) is 0 Å². The number of fused-ring (bicyclic) bond motifs is 3. The molecule has 98 valence electrons. The fourth-order valence-corrected chi connectivity index (χ4v) is 3.94. The van der Waals surface area contributed by atoms with Gasteiger partial charge in [-0.1, -0.05) is 18.0 Å². The first kappa shape index (κ1) is 10.7. The molecule has 2 N–H and O–H groups in total. The molecule has 2 aliphatic carbocycles. The smallest absolute Gasteiger partial charge is 0.139 e. The molecule has 0 amide bonds. The molecule has 3 atom stereocenters. The Labute approximate surface area is 114 Å². The Morgan fingerprint density at radius 2 is 2.33 bits per heavy atom. The van der Waals surface area contributed by atoms with Crippen LogP contribution >= 0.6 is 11.6 Å². The minimum atomic E-state index is 0. The summed E-state index contributed by atoms with van der Waals surface area (Å²) >= 11 is 6.30. The number of nitrogens with zero attached hydrogens (tertiary/aromatic N) is 1. The molecule has 3 nitrogen and oxygen atoms in total. The Morgan fingerprint density at radius 1 is 1.39 bits per heavy atom. The summed E-state index contributed by atoms with van der Waals surface area (Å²) < 4.78 is 0. The Morgan fingerprint density at radius 3 is 3.11 bits per heavy atom. The quantitative estimate of drug-likeness (QED) is 0.850. The summed E-state index contributed by atoms with van der Waals surface area (Å²) in [5.41, 5.74) is 1.96. The summed E-state index contributed by atoms with van der Waals surface area (Å²) in [4.78, 5) is 7.43. The van der Waals surface area contributed by atoms with Gasteiger partial charge >= 0.3 is 0 Å². The lowest BCUT2D eigenvalue weighted by atomic mass is 9.95. The molecule has 0 spiro atoms. The average Bonchev–Trinajstić information content (AvgIpc) is 3.07. The fourth-order valence-electron chi connectivity index (χ4n) is 3.74. The predicted octanol–water partition coefficient (Wildman–Crippen LogP) is 4.31. The van der Waals surface area contributed by atoms with Gasteiger partial charge in [0.1, 0.15) is 5.65 Å². The second-order valence-corrected chi connectivity index (χ2v) is 6.05. The van der Waals surface area contributed by atoms with Crippen molar-refractivity contribution in [2.75, 3.05) is 5.32 Å². The highest BCUT2D eigenvalue weighted by Crippen LogP contribution is 2.46. The van der Waals surface area contributed by atoms with E-state index >= 15 is 0 Å². The van der Waals surface area contributed by atoms with E-state index in [-0.39, 0.29) is 2.85 Å². The van der Waals surface area contributed by atoms with E-state index in [4.69, 9.17) is 11.6 Å². The van der Waals surface area contributed by atoms with E-state index in [0.29, 0.717) is 6.04 Å². The number of pyridine rings is 1. The van der Waals surface area contributed by atoms with Crippen molar-refractivity contribution in [1.82, 2.24) is 9.97 Å². The van der Waals surface area contributed by atoms with Gasteiger partial charge in [0.2, 0.25) is 0 Å². The van der Waals surface area contributed by atoms with Gasteiger partial charge in [-0.25, -0.2) is 4.98 Å². The molecule has 2 heterocycles. The molecule has 2 saturated carbocycles. The Hall–Kier alpha value is -1.22. The second kappa shape index (κ2) is 3.89. The Kier molecular flexibility index (Phi) is 2.31. The summed E-state index contributed by atoms with van der Waals surface area (Å²) in [5, 5.41) is 5.51. The van der Waals surface area contributed by atoms with Crippen molar-refractivity contribution in [3.05, 3.63) is 23.5 Å². The molecular weight excluding hydrogens is 246 g/mol. The zero-order valence-electron chi connectivity index (χ0n) is 10.1. The number of H-pyrrole nitrogens is 1. The summed E-state index contributed by atoms with van der Waals surface area (Å²) in [6, 6.07) is 2.64. The molecule has 0 aliphatic heterocycles. The molecule has 2 aliphatic rings. The third kappa shape index (κ3) is 1.53. The standard InChI is InChI=1S/C14H16ClN3.2H2/c15-11-7-17-14-10(3-4-16-14)13(11)18-12-6-8-1-2-9(12)5-8;;/h3-4,7-9,12H,1-2,5-6H2,(H2,16,17,18);2*1H/t8-,9+,12+;;/m0../s1. The third-order valence-corrected chi connectivity index (χ3v) is 4.89. The summed E-state index contributed by atoms with van der Waals surface area (Å²) in [6.45, 7) is 0. The molecule has 0 radical (unpaired) electrons. The molecular formula is C14H20ClN3. The average molecular weight is 266 g/mol. The van der Waals surface area contributed by atoms with Gasteiger partial charge in [-0.3, -0.25) is 0 Å². The molecule has 4 heteroatoms. The zero-order chi connectivity index (χ0) is 12.1. The Balaban J connectivity index is 0.000000735. The summed E-state index contributed by atoms with van der Waals surface area (Å²) in [5.74, 6) is 1.78. The van der Waals surface area contributed by atoms with Gasteiger partial charge in [-0.2, -0.15) is 0 Å². The molecule has 0 aromatic carbocycles. The van der Waals surface area contributed by atoms with E-state index in [1.54, 1.807) is 6.20 Å². The highest BCUT2D eigenvalue weighted by molar-refractivity contribution is 6.34. The fraction of sp³-hybridized carbons (Fsp3) is 0.500. The maximum atomic E-state index is 6.30. The lowest BCUT2D eigenvalue weighted by Crippen LogP contribution is -2.26. The Bertz CT molecular complexity index is 601. The molecule has 2 aromatic rings. The topological polar surface area (TPSA) is 40.7 Å². The van der Waals surface area contributed by atoms with Gasteiger partial charge in [0.05, 0.1) is 16.9 Å². The van der Waals surface area contributed by atoms with Gasteiger partial charge in [0.25, 0.3) is 0 Å². The van der Waals surface area contributed by atoms with Crippen LogP contribution in [0.15, 0.2) is 18.5 Å². The van der Waals surface area contributed by atoms with Crippen molar-refractivity contribution in [3.8, 4) is 0 Å². The number of halogens is 1. The molecule has 0 unspecified atom stereocenters. The number of aromatic amines is 1. The lowest BCUT2D eigenvalue weighted by molar-refractivity contribution is 0.440. The molecule has 2 fully saturated rings. The maximum absolute atomic E-state index is 6.30. The van der Waals surface area contributed by atoms with Gasteiger partial charge in [-0.15, -0.1) is 0 Å². The number of hydrogen-bond acceptors (Lipinski definition) is 2. The van der Waals surface area contributed by atoms with Gasteiger partial charge < -0.3 is 10.3 Å². The van der Waals surface area contributed by atoms with Crippen LogP contribution < -0.4 is 5.32 Å². The first-order valence-corrected chi connectivity index (χ1v) is 7.07. The molecule has 2 bridgehead atoms. The molecule has 4 rings (SSSR count). The van der Waals surface area contributed by atoms with Gasteiger partial charge in [0.15, 0.2) is 0 Å². The molecule has 2 aromatic heterocycles. The van der Waals surface area contributed by atoms with Crippen LogP contribution in [-0.2, 0) is 0 Å². The summed E-state index contributed by atoms with van der Waals surface area (Å²) in [7, 11) is 0. The molecule has 18 heavy (non-hydrogen) atoms. The van der Waals surface area contributed by atoms with Gasteiger partial charge in [-0.05, 0) is 37.2 Å². The van der Waals surface area contributed by atoms with Crippen LogP contribution in [0.2, 0.25) is 5.02 Å². The first-order chi connectivity index (χ1) is 8.81. The van der Waals surface area contributed by atoms with E-state index in [9.17, 15) is 0 Å². The van der Waals surface area contributed by atoms with Crippen LogP contribution in [0.5, 0.6) is 0 Å². The third-order valence-electron chi connectivity index (χ3n) is 4.61. The van der Waals surface area contributed by atoms with Crippen LogP contribution in [0.3, 0.4) is 0 Å². The number of rotatable bonds is 2. The van der Waals surface area contributed by atoms with Crippen LogP contribution in [0.4, 0.5) is 5.69 Å². The van der Waals surface area contributed by atoms with Crippen molar-refractivity contribution in [1.29, 1.82) is 0 Å². The van der Waals surface area contributed by atoms with Gasteiger partial charge in [0, 0.05) is 20.5 Å². The van der Waals surface area contributed by atoms with Crippen molar-refractivity contribution >= 4 is 28.3 Å². The van der Waals surface area contributed by atoms with E-state index in [1.807, 2.05) is 12.3 Å². The monoisotopic (exact) mass is 265 g/mol. The normalized spacial score (nSPS) is 30.2. The van der Waals surface area contributed by atoms with Crippen LogP contribution in [0.1, 0.15) is 28.5 Å². The lowest BCUT2D eigenvalue weighted by Gasteiger charge is -2.24. The van der Waals surface area contributed by atoms with Crippen molar-refractivity contribution in [2.45, 2.75) is 31.7 Å². The van der Waals surface area contributed by atoms with E-state index in [0.717, 1.165) is 33.6 Å². The van der Waals surface area contributed by atoms with E-state index < -0.39 is 0 Å². The van der Waals surface area contributed by atoms with Crippen LogP contribution in [-0.4, -0.2) is 16.0 Å². The summed E-state index contributed by atoms with van der Waals surface area (Å²) in [6.07, 6.45) is 9.15. The van der Waals surface area contributed by atoms with E-state index in [2.05, 4.69) is 15.3 Å². The molecule has 0 saturated heterocycles. The number of nitrogens with one attached hydrogen (secondary N) is 2. The second-order valence-electron chi connectivity index (χ2n) is 5.65. The number of anilines is 1. The minimum Gasteiger partial charge on any atom is -0.380 e. The predicted molar refractivity (Wildman–Crippen MR) is 78.2 cm³/mol. The highest BCUT2D eigenvalue weighted by Gasteiger charge is 2.39. The largest absolute Gasteiger partial charge is 0.380 e. The highest BCUT2D eigenvalue weighted by atomic mass is 35.5.